The Morgan fingerprint density at radius 1 is 1.53 bits per heavy atom. The van der Waals surface area contributed by atoms with Crippen LogP contribution in [-0.4, -0.2) is 38.3 Å². The second-order valence-electron chi connectivity index (χ2n) is 3.46. The molecule has 4 heteroatoms. The third-order valence-corrected chi connectivity index (χ3v) is 2.29. The Balaban J connectivity index is 2.06. The molecule has 0 aliphatic carbocycles. The SMILES string of the molecule is CC#CCNC(=O)COC1CCNCC1. The number of hydrogen-bond acceptors (Lipinski definition) is 3. The van der Waals surface area contributed by atoms with Crippen LogP contribution in [0.5, 0.6) is 0 Å². The van der Waals surface area contributed by atoms with Crippen LogP contribution in [0.1, 0.15) is 19.8 Å². The zero-order chi connectivity index (χ0) is 10.9. The fourth-order valence-electron chi connectivity index (χ4n) is 1.44. The van der Waals surface area contributed by atoms with Crippen LogP contribution in [0.25, 0.3) is 0 Å². The topological polar surface area (TPSA) is 50.4 Å². The highest BCUT2D eigenvalue weighted by molar-refractivity contribution is 5.77. The first-order valence-corrected chi connectivity index (χ1v) is 5.31. The molecule has 1 aliphatic heterocycles. The molecule has 0 spiro atoms. The van der Waals surface area contributed by atoms with E-state index < -0.39 is 0 Å². The van der Waals surface area contributed by atoms with Crippen LogP contribution in [0.15, 0.2) is 0 Å². The number of piperidine rings is 1. The first kappa shape index (κ1) is 12.0. The molecule has 0 saturated carbocycles. The summed E-state index contributed by atoms with van der Waals surface area (Å²) in [7, 11) is 0. The van der Waals surface area contributed by atoms with E-state index in [1.165, 1.54) is 0 Å². The van der Waals surface area contributed by atoms with Crippen LogP contribution in [0.4, 0.5) is 0 Å². The number of ether oxygens (including phenoxy) is 1. The molecule has 2 N–H and O–H groups in total. The second-order valence-corrected chi connectivity index (χ2v) is 3.46. The van der Waals surface area contributed by atoms with Crippen molar-refractivity contribution in [1.82, 2.24) is 10.6 Å². The Bertz CT molecular complexity index is 249. The number of rotatable bonds is 4. The van der Waals surface area contributed by atoms with E-state index in [4.69, 9.17) is 4.74 Å². The highest BCUT2D eigenvalue weighted by atomic mass is 16.5. The number of amides is 1. The average molecular weight is 210 g/mol. The summed E-state index contributed by atoms with van der Waals surface area (Å²) in [4.78, 5) is 11.2. The first-order chi connectivity index (χ1) is 7.33. The molecule has 15 heavy (non-hydrogen) atoms. The molecular formula is C11H18N2O2. The van der Waals surface area contributed by atoms with Gasteiger partial charge in [0.1, 0.15) is 6.61 Å². The van der Waals surface area contributed by atoms with Crippen molar-refractivity contribution >= 4 is 5.91 Å². The van der Waals surface area contributed by atoms with Crippen LogP contribution in [-0.2, 0) is 9.53 Å². The van der Waals surface area contributed by atoms with Crippen LogP contribution >= 0.6 is 0 Å². The summed E-state index contributed by atoms with van der Waals surface area (Å²) in [6.07, 6.45) is 2.21. The summed E-state index contributed by atoms with van der Waals surface area (Å²) in [6.45, 7) is 4.26. The van der Waals surface area contributed by atoms with Crippen molar-refractivity contribution in [3.8, 4) is 11.8 Å². The van der Waals surface area contributed by atoms with Crippen molar-refractivity contribution in [3.05, 3.63) is 0 Å². The summed E-state index contributed by atoms with van der Waals surface area (Å²) in [5.74, 6) is 5.40. The summed E-state index contributed by atoms with van der Waals surface area (Å²) in [6, 6.07) is 0. The lowest BCUT2D eigenvalue weighted by molar-refractivity contribution is -0.127. The highest BCUT2D eigenvalue weighted by Crippen LogP contribution is 2.06. The lowest BCUT2D eigenvalue weighted by atomic mass is 10.1. The van der Waals surface area contributed by atoms with Gasteiger partial charge in [-0.3, -0.25) is 4.79 Å². The molecule has 1 rings (SSSR count). The molecule has 0 aromatic rings. The molecule has 0 bridgehead atoms. The van der Waals surface area contributed by atoms with Crippen LogP contribution in [0.3, 0.4) is 0 Å². The van der Waals surface area contributed by atoms with Gasteiger partial charge < -0.3 is 15.4 Å². The maximum atomic E-state index is 11.2. The van der Waals surface area contributed by atoms with E-state index in [-0.39, 0.29) is 18.6 Å². The van der Waals surface area contributed by atoms with Gasteiger partial charge in [-0.1, -0.05) is 5.92 Å². The van der Waals surface area contributed by atoms with E-state index in [1.54, 1.807) is 6.92 Å². The Morgan fingerprint density at radius 2 is 2.27 bits per heavy atom. The zero-order valence-corrected chi connectivity index (χ0v) is 9.14. The van der Waals surface area contributed by atoms with Crippen molar-refractivity contribution in [2.75, 3.05) is 26.2 Å². The lowest BCUT2D eigenvalue weighted by Gasteiger charge is -2.22. The standard InChI is InChI=1S/C11H18N2O2/c1-2-3-6-13-11(14)9-15-10-4-7-12-8-5-10/h10,12H,4-9H2,1H3,(H,13,14). The van der Waals surface area contributed by atoms with Gasteiger partial charge in [0.2, 0.25) is 5.91 Å². The molecule has 0 aromatic heterocycles. The first-order valence-electron chi connectivity index (χ1n) is 5.31. The van der Waals surface area contributed by atoms with Crippen LogP contribution in [0.2, 0.25) is 0 Å². The Kier molecular flexibility index (Phi) is 5.83. The fourth-order valence-corrected chi connectivity index (χ4v) is 1.44. The van der Waals surface area contributed by atoms with Crippen LogP contribution < -0.4 is 10.6 Å². The molecule has 0 aromatic carbocycles. The minimum atomic E-state index is -0.0868. The van der Waals surface area contributed by atoms with Gasteiger partial charge in [0.25, 0.3) is 0 Å². The van der Waals surface area contributed by atoms with Gasteiger partial charge in [0, 0.05) is 0 Å². The van der Waals surface area contributed by atoms with Gasteiger partial charge in [-0.2, -0.15) is 0 Å². The van der Waals surface area contributed by atoms with Crippen molar-refractivity contribution < 1.29 is 9.53 Å². The molecule has 1 saturated heterocycles. The van der Waals surface area contributed by atoms with Gasteiger partial charge >= 0.3 is 0 Å². The van der Waals surface area contributed by atoms with Gasteiger partial charge in [0.15, 0.2) is 0 Å². The van der Waals surface area contributed by atoms with E-state index in [1.807, 2.05) is 0 Å². The molecule has 0 atom stereocenters. The monoisotopic (exact) mass is 210 g/mol. The van der Waals surface area contributed by atoms with E-state index in [9.17, 15) is 4.79 Å². The van der Waals surface area contributed by atoms with Crippen molar-refractivity contribution in [2.24, 2.45) is 0 Å². The highest BCUT2D eigenvalue weighted by Gasteiger charge is 2.14. The Morgan fingerprint density at radius 3 is 2.93 bits per heavy atom. The zero-order valence-electron chi connectivity index (χ0n) is 9.14. The molecular weight excluding hydrogens is 192 g/mol. The van der Waals surface area contributed by atoms with Gasteiger partial charge in [-0.05, 0) is 32.9 Å². The van der Waals surface area contributed by atoms with Crippen molar-refractivity contribution in [3.63, 3.8) is 0 Å². The average Bonchev–Trinajstić information content (AvgIpc) is 2.28. The van der Waals surface area contributed by atoms with E-state index >= 15 is 0 Å². The summed E-state index contributed by atoms with van der Waals surface area (Å²) < 4.78 is 5.48. The maximum Gasteiger partial charge on any atom is 0.246 e. The third-order valence-electron chi connectivity index (χ3n) is 2.29. The quantitative estimate of drug-likeness (QED) is 0.637. The van der Waals surface area contributed by atoms with E-state index in [2.05, 4.69) is 22.5 Å². The summed E-state index contributed by atoms with van der Waals surface area (Å²) in [5.41, 5.74) is 0. The summed E-state index contributed by atoms with van der Waals surface area (Å²) >= 11 is 0. The van der Waals surface area contributed by atoms with Crippen molar-refractivity contribution in [1.29, 1.82) is 0 Å². The Labute approximate surface area is 90.8 Å². The van der Waals surface area contributed by atoms with Crippen molar-refractivity contribution in [2.45, 2.75) is 25.9 Å². The Hall–Kier alpha value is -1.05. The molecule has 0 unspecified atom stereocenters. The van der Waals surface area contributed by atoms with E-state index in [0.29, 0.717) is 6.54 Å². The normalized spacial score (nSPS) is 16.6. The fraction of sp³-hybridized carbons (Fsp3) is 0.727. The number of carbonyl (C=O) groups excluding carboxylic acids is 1. The smallest absolute Gasteiger partial charge is 0.246 e. The molecule has 1 heterocycles. The molecule has 0 radical (unpaired) electrons. The number of carbonyl (C=O) groups is 1. The predicted molar refractivity (Wildman–Crippen MR) is 58.3 cm³/mol. The predicted octanol–water partition coefficient (Wildman–Crippen LogP) is -0.105. The molecule has 1 aliphatic rings. The van der Waals surface area contributed by atoms with Gasteiger partial charge in [0.05, 0.1) is 12.6 Å². The lowest BCUT2D eigenvalue weighted by Crippen LogP contribution is -2.35. The minimum Gasteiger partial charge on any atom is -0.368 e. The molecule has 84 valence electrons. The van der Waals surface area contributed by atoms with Crippen LogP contribution in [0, 0.1) is 11.8 Å². The van der Waals surface area contributed by atoms with Gasteiger partial charge in [-0.15, -0.1) is 5.92 Å². The number of hydrogen-bond donors (Lipinski definition) is 2. The molecule has 1 amide bonds. The summed E-state index contributed by atoms with van der Waals surface area (Å²) in [5, 5.41) is 5.92. The molecule has 1 fully saturated rings. The minimum absolute atomic E-state index is 0.0868. The maximum absolute atomic E-state index is 11.2. The second kappa shape index (κ2) is 7.27. The van der Waals surface area contributed by atoms with Gasteiger partial charge in [-0.25, -0.2) is 0 Å². The molecule has 4 nitrogen and oxygen atoms in total. The largest absolute Gasteiger partial charge is 0.368 e. The third kappa shape index (κ3) is 5.40. The van der Waals surface area contributed by atoms with E-state index in [0.717, 1.165) is 25.9 Å². The number of nitrogens with one attached hydrogen (secondary N) is 2.